The Hall–Kier alpha value is -0.540. The minimum absolute atomic E-state index is 0.0711. The standard InChI is InChI=1S/C7H10O2S/c1-5-4-10-6(3-8)7(5)9-2/h4,8H,3H2,1-2H3. The second kappa shape index (κ2) is 3.03. The van der Waals surface area contributed by atoms with Gasteiger partial charge in [0.05, 0.1) is 18.6 Å². The number of hydrogen-bond donors (Lipinski definition) is 1. The Kier molecular flexibility index (Phi) is 2.29. The third-order valence-electron chi connectivity index (χ3n) is 1.34. The van der Waals surface area contributed by atoms with E-state index in [0.29, 0.717) is 0 Å². The van der Waals surface area contributed by atoms with E-state index in [1.54, 1.807) is 7.11 Å². The maximum absolute atomic E-state index is 8.79. The van der Waals surface area contributed by atoms with Crippen LogP contribution in [-0.4, -0.2) is 12.2 Å². The zero-order valence-corrected chi connectivity index (χ0v) is 6.86. The summed E-state index contributed by atoms with van der Waals surface area (Å²) in [5, 5.41) is 10.8. The highest BCUT2D eigenvalue weighted by Gasteiger charge is 2.06. The van der Waals surface area contributed by atoms with Gasteiger partial charge in [0.2, 0.25) is 0 Å². The van der Waals surface area contributed by atoms with Crippen LogP contribution in [0.25, 0.3) is 0 Å². The van der Waals surface area contributed by atoms with Crippen molar-refractivity contribution in [3.63, 3.8) is 0 Å². The minimum Gasteiger partial charge on any atom is -0.495 e. The highest BCUT2D eigenvalue weighted by molar-refractivity contribution is 7.10. The van der Waals surface area contributed by atoms with Gasteiger partial charge in [-0.3, -0.25) is 0 Å². The van der Waals surface area contributed by atoms with Gasteiger partial charge in [-0.2, -0.15) is 0 Å². The molecule has 0 aliphatic rings. The second-order valence-electron chi connectivity index (χ2n) is 2.03. The Morgan fingerprint density at radius 1 is 1.70 bits per heavy atom. The first-order valence-corrected chi connectivity index (χ1v) is 3.89. The lowest BCUT2D eigenvalue weighted by molar-refractivity contribution is 0.278. The van der Waals surface area contributed by atoms with Gasteiger partial charge in [-0.05, 0) is 12.3 Å². The predicted molar refractivity (Wildman–Crippen MR) is 41.5 cm³/mol. The van der Waals surface area contributed by atoms with Gasteiger partial charge in [0, 0.05) is 5.56 Å². The maximum Gasteiger partial charge on any atom is 0.138 e. The first-order valence-electron chi connectivity index (χ1n) is 3.01. The Bertz CT molecular complexity index is 217. The average molecular weight is 158 g/mol. The molecule has 0 unspecified atom stereocenters. The SMILES string of the molecule is COc1c(C)csc1CO. The maximum atomic E-state index is 8.79. The van der Waals surface area contributed by atoms with E-state index in [-0.39, 0.29) is 6.61 Å². The topological polar surface area (TPSA) is 29.5 Å². The van der Waals surface area contributed by atoms with E-state index in [4.69, 9.17) is 9.84 Å². The Morgan fingerprint density at radius 3 is 2.80 bits per heavy atom. The summed E-state index contributed by atoms with van der Waals surface area (Å²) in [6.07, 6.45) is 0. The van der Waals surface area contributed by atoms with Crippen LogP contribution in [0.1, 0.15) is 10.4 Å². The smallest absolute Gasteiger partial charge is 0.138 e. The van der Waals surface area contributed by atoms with Crippen molar-refractivity contribution in [2.45, 2.75) is 13.5 Å². The molecule has 1 rings (SSSR count). The van der Waals surface area contributed by atoms with E-state index in [9.17, 15) is 0 Å². The van der Waals surface area contributed by atoms with Gasteiger partial charge in [-0.25, -0.2) is 0 Å². The lowest BCUT2D eigenvalue weighted by Gasteiger charge is -1.99. The molecule has 2 nitrogen and oxygen atoms in total. The molecule has 1 aromatic heterocycles. The van der Waals surface area contributed by atoms with Gasteiger partial charge in [-0.1, -0.05) is 0 Å². The molecular weight excluding hydrogens is 148 g/mol. The number of aryl methyl sites for hydroxylation is 1. The Balaban J connectivity index is 3.01. The van der Waals surface area contributed by atoms with Crippen LogP contribution in [0.5, 0.6) is 5.75 Å². The first-order chi connectivity index (χ1) is 4.79. The van der Waals surface area contributed by atoms with Crippen LogP contribution in [0.2, 0.25) is 0 Å². The zero-order valence-electron chi connectivity index (χ0n) is 6.05. The van der Waals surface area contributed by atoms with Crippen molar-refractivity contribution in [2.75, 3.05) is 7.11 Å². The van der Waals surface area contributed by atoms with Crippen molar-refractivity contribution in [3.8, 4) is 5.75 Å². The molecule has 1 aromatic rings. The predicted octanol–water partition coefficient (Wildman–Crippen LogP) is 1.56. The lowest BCUT2D eigenvalue weighted by atomic mass is 10.3. The first kappa shape index (κ1) is 7.57. The summed E-state index contributed by atoms with van der Waals surface area (Å²) in [6, 6.07) is 0. The molecule has 0 aliphatic carbocycles. The largest absolute Gasteiger partial charge is 0.495 e. The number of methoxy groups -OCH3 is 1. The lowest BCUT2D eigenvalue weighted by Crippen LogP contribution is -1.87. The third-order valence-corrected chi connectivity index (χ3v) is 2.41. The minimum atomic E-state index is 0.0711. The van der Waals surface area contributed by atoms with E-state index >= 15 is 0 Å². The van der Waals surface area contributed by atoms with Gasteiger partial charge < -0.3 is 9.84 Å². The van der Waals surface area contributed by atoms with Crippen LogP contribution in [0.4, 0.5) is 0 Å². The molecule has 0 spiro atoms. The number of ether oxygens (including phenoxy) is 1. The van der Waals surface area contributed by atoms with Crippen molar-refractivity contribution in [3.05, 3.63) is 15.8 Å². The zero-order chi connectivity index (χ0) is 7.56. The quantitative estimate of drug-likeness (QED) is 0.707. The van der Waals surface area contributed by atoms with Crippen LogP contribution in [0.3, 0.4) is 0 Å². The fourth-order valence-electron chi connectivity index (χ4n) is 0.870. The molecule has 0 saturated carbocycles. The number of thiophene rings is 1. The van der Waals surface area contributed by atoms with Gasteiger partial charge in [0.15, 0.2) is 0 Å². The number of aliphatic hydroxyl groups is 1. The van der Waals surface area contributed by atoms with Crippen LogP contribution >= 0.6 is 11.3 Å². The molecule has 0 aliphatic heterocycles. The van der Waals surface area contributed by atoms with Gasteiger partial charge >= 0.3 is 0 Å². The summed E-state index contributed by atoms with van der Waals surface area (Å²) < 4.78 is 5.06. The fourth-order valence-corrected chi connectivity index (χ4v) is 1.72. The number of aliphatic hydroxyl groups excluding tert-OH is 1. The molecule has 0 amide bonds. The van der Waals surface area contributed by atoms with Gasteiger partial charge in [0.25, 0.3) is 0 Å². The van der Waals surface area contributed by atoms with Crippen molar-refractivity contribution >= 4 is 11.3 Å². The Labute approximate surface area is 64.1 Å². The third kappa shape index (κ3) is 1.15. The van der Waals surface area contributed by atoms with Crippen molar-refractivity contribution in [1.29, 1.82) is 0 Å². The molecule has 0 fully saturated rings. The molecule has 1 N–H and O–H groups in total. The molecule has 0 atom stereocenters. The number of rotatable bonds is 2. The molecule has 0 radical (unpaired) electrons. The highest BCUT2D eigenvalue weighted by Crippen LogP contribution is 2.29. The summed E-state index contributed by atoms with van der Waals surface area (Å²) in [7, 11) is 1.62. The average Bonchev–Trinajstić information content (AvgIpc) is 2.30. The molecule has 1 heterocycles. The van der Waals surface area contributed by atoms with Gasteiger partial charge in [0.1, 0.15) is 5.75 Å². The molecule has 0 saturated heterocycles. The van der Waals surface area contributed by atoms with Crippen LogP contribution in [0.15, 0.2) is 5.38 Å². The van der Waals surface area contributed by atoms with Crippen molar-refractivity contribution < 1.29 is 9.84 Å². The monoisotopic (exact) mass is 158 g/mol. The van der Waals surface area contributed by atoms with Crippen molar-refractivity contribution in [1.82, 2.24) is 0 Å². The molecule has 0 bridgehead atoms. The van der Waals surface area contributed by atoms with E-state index < -0.39 is 0 Å². The Morgan fingerprint density at radius 2 is 2.40 bits per heavy atom. The van der Waals surface area contributed by atoms with Gasteiger partial charge in [-0.15, -0.1) is 11.3 Å². The van der Waals surface area contributed by atoms with Crippen molar-refractivity contribution in [2.24, 2.45) is 0 Å². The molecular formula is C7H10O2S. The van der Waals surface area contributed by atoms with Crippen LogP contribution in [-0.2, 0) is 6.61 Å². The van der Waals surface area contributed by atoms with E-state index in [1.165, 1.54) is 11.3 Å². The summed E-state index contributed by atoms with van der Waals surface area (Å²) in [5.74, 6) is 0.826. The number of hydrogen-bond acceptors (Lipinski definition) is 3. The highest BCUT2D eigenvalue weighted by atomic mass is 32.1. The second-order valence-corrected chi connectivity index (χ2v) is 3.00. The molecule has 56 valence electrons. The molecule has 0 aromatic carbocycles. The van der Waals surface area contributed by atoms with Crippen LogP contribution in [0, 0.1) is 6.92 Å². The fraction of sp³-hybridized carbons (Fsp3) is 0.429. The molecule has 10 heavy (non-hydrogen) atoms. The molecule has 3 heteroatoms. The summed E-state index contributed by atoms with van der Waals surface area (Å²) in [6.45, 7) is 2.04. The summed E-state index contributed by atoms with van der Waals surface area (Å²) in [4.78, 5) is 0.903. The van der Waals surface area contributed by atoms with E-state index in [0.717, 1.165) is 16.2 Å². The van der Waals surface area contributed by atoms with Crippen LogP contribution < -0.4 is 4.74 Å². The summed E-state index contributed by atoms with van der Waals surface area (Å²) in [5.41, 5.74) is 1.09. The van der Waals surface area contributed by atoms with E-state index in [2.05, 4.69) is 0 Å². The normalized spacial score (nSPS) is 9.90. The van der Waals surface area contributed by atoms with E-state index in [1.807, 2.05) is 12.3 Å². The summed E-state index contributed by atoms with van der Waals surface area (Å²) >= 11 is 1.53.